The van der Waals surface area contributed by atoms with Gasteiger partial charge in [-0.3, -0.25) is 9.69 Å². The lowest BCUT2D eigenvalue weighted by Crippen LogP contribution is -2.46. The molecular weight excluding hydrogens is 274 g/mol. The van der Waals surface area contributed by atoms with Crippen LogP contribution < -0.4 is 0 Å². The van der Waals surface area contributed by atoms with Crippen LogP contribution in [-0.2, 0) is 16.8 Å². The van der Waals surface area contributed by atoms with Gasteiger partial charge in [0.25, 0.3) is 0 Å². The Hall–Kier alpha value is -1.94. The van der Waals surface area contributed by atoms with E-state index in [0.717, 1.165) is 49.4 Å². The third-order valence-corrected chi connectivity index (χ3v) is 5.02. The van der Waals surface area contributed by atoms with Crippen LogP contribution in [0.2, 0.25) is 0 Å². The Morgan fingerprint density at radius 3 is 2.50 bits per heavy atom. The van der Waals surface area contributed by atoms with Crippen molar-refractivity contribution in [3.63, 3.8) is 0 Å². The van der Waals surface area contributed by atoms with Crippen LogP contribution in [0.1, 0.15) is 36.7 Å². The van der Waals surface area contributed by atoms with Crippen molar-refractivity contribution in [3.05, 3.63) is 53.6 Å². The fraction of sp³-hybridized carbons (Fsp3) is 0.444. The van der Waals surface area contributed by atoms with E-state index in [2.05, 4.69) is 33.9 Å². The van der Waals surface area contributed by atoms with Crippen LogP contribution in [0.4, 0.5) is 0 Å². The highest BCUT2D eigenvalue weighted by Gasteiger charge is 2.40. The van der Waals surface area contributed by atoms with Crippen molar-refractivity contribution in [1.82, 2.24) is 14.9 Å². The number of benzene rings is 1. The van der Waals surface area contributed by atoms with E-state index in [-0.39, 0.29) is 11.2 Å². The summed E-state index contributed by atoms with van der Waals surface area (Å²) in [7, 11) is 0. The van der Waals surface area contributed by atoms with E-state index < -0.39 is 0 Å². The molecule has 0 saturated carbocycles. The summed E-state index contributed by atoms with van der Waals surface area (Å²) in [6, 6.07) is 10.2. The van der Waals surface area contributed by atoms with Crippen LogP contribution in [0, 0.1) is 6.92 Å². The summed E-state index contributed by atoms with van der Waals surface area (Å²) >= 11 is 0. The fourth-order valence-corrected chi connectivity index (χ4v) is 3.45. The van der Waals surface area contributed by atoms with Gasteiger partial charge in [-0.15, -0.1) is 0 Å². The van der Waals surface area contributed by atoms with Gasteiger partial charge in [0, 0.05) is 12.2 Å². The zero-order valence-electron chi connectivity index (χ0n) is 13.3. The van der Waals surface area contributed by atoms with E-state index in [9.17, 15) is 4.79 Å². The molecule has 0 bridgehead atoms. The maximum atomic E-state index is 12.4. The average molecular weight is 297 g/mol. The van der Waals surface area contributed by atoms with Gasteiger partial charge in [0.2, 0.25) is 0 Å². The van der Waals surface area contributed by atoms with Gasteiger partial charge in [0.15, 0.2) is 0 Å². The first-order valence-corrected chi connectivity index (χ1v) is 7.89. The summed E-state index contributed by atoms with van der Waals surface area (Å²) in [4.78, 5) is 22.3. The molecule has 2 heterocycles. The number of piperidine rings is 1. The number of imidazole rings is 1. The maximum Gasteiger partial charge on any atom is 0.140 e. The summed E-state index contributed by atoms with van der Waals surface area (Å²) in [5.74, 6) is 0.286. The van der Waals surface area contributed by atoms with Crippen molar-refractivity contribution in [1.29, 1.82) is 0 Å². The number of aryl methyl sites for hydroxylation is 1. The molecule has 0 atom stereocenters. The molecule has 4 nitrogen and oxygen atoms in total. The van der Waals surface area contributed by atoms with E-state index in [1.165, 1.54) is 0 Å². The Bertz CT molecular complexity index is 639. The number of aromatic nitrogens is 2. The van der Waals surface area contributed by atoms with Crippen molar-refractivity contribution in [2.75, 3.05) is 13.1 Å². The molecule has 3 rings (SSSR count). The number of ketones is 1. The predicted molar refractivity (Wildman–Crippen MR) is 86.6 cm³/mol. The monoisotopic (exact) mass is 297 g/mol. The Morgan fingerprint density at radius 2 is 1.95 bits per heavy atom. The average Bonchev–Trinajstić information content (AvgIpc) is 2.94. The van der Waals surface area contributed by atoms with Gasteiger partial charge >= 0.3 is 0 Å². The molecule has 0 radical (unpaired) electrons. The first kappa shape index (κ1) is 15.0. The molecule has 1 aliphatic heterocycles. The van der Waals surface area contributed by atoms with Gasteiger partial charge in [0.05, 0.1) is 17.4 Å². The van der Waals surface area contributed by atoms with E-state index in [4.69, 9.17) is 0 Å². The molecule has 0 spiro atoms. The smallest absolute Gasteiger partial charge is 0.140 e. The van der Waals surface area contributed by atoms with Crippen molar-refractivity contribution in [3.8, 4) is 0 Å². The molecule has 1 aromatic heterocycles. The minimum Gasteiger partial charge on any atom is -0.348 e. The number of likely N-dealkylation sites (tertiary alicyclic amines) is 1. The second kappa shape index (κ2) is 6.05. The zero-order valence-corrected chi connectivity index (χ0v) is 13.3. The van der Waals surface area contributed by atoms with Crippen LogP contribution >= 0.6 is 0 Å². The highest BCUT2D eigenvalue weighted by atomic mass is 16.1. The molecule has 116 valence electrons. The van der Waals surface area contributed by atoms with E-state index >= 15 is 0 Å². The Morgan fingerprint density at radius 1 is 1.27 bits per heavy atom. The lowest BCUT2D eigenvalue weighted by atomic mass is 9.70. The van der Waals surface area contributed by atoms with Gasteiger partial charge in [-0.05, 0) is 45.3 Å². The van der Waals surface area contributed by atoms with Crippen molar-refractivity contribution >= 4 is 5.78 Å². The molecule has 0 aliphatic carbocycles. The molecule has 4 heteroatoms. The highest BCUT2D eigenvalue weighted by molar-refractivity contribution is 5.88. The van der Waals surface area contributed by atoms with Crippen LogP contribution in [0.5, 0.6) is 0 Å². The maximum absolute atomic E-state index is 12.4. The third kappa shape index (κ3) is 2.71. The number of hydrogen-bond donors (Lipinski definition) is 1. The number of Topliss-reactive ketones (excluding diaryl/α,β-unsaturated/α-hetero) is 1. The lowest BCUT2D eigenvalue weighted by Gasteiger charge is -2.40. The fourth-order valence-electron chi connectivity index (χ4n) is 3.45. The van der Waals surface area contributed by atoms with Gasteiger partial charge in [-0.1, -0.05) is 30.3 Å². The van der Waals surface area contributed by atoms with Gasteiger partial charge in [-0.25, -0.2) is 4.98 Å². The quantitative estimate of drug-likeness (QED) is 0.944. The SMILES string of the molecule is CC(=O)C1(c2ccccc2)CCN(Cc2nc[nH]c2C)CC1. The van der Waals surface area contributed by atoms with E-state index in [1.54, 1.807) is 13.3 Å². The largest absolute Gasteiger partial charge is 0.348 e. The number of hydrogen-bond acceptors (Lipinski definition) is 3. The molecule has 0 amide bonds. The molecule has 1 fully saturated rings. The van der Waals surface area contributed by atoms with Crippen molar-refractivity contribution < 1.29 is 4.79 Å². The second-order valence-electron chi connectivity index (χ2n) is 6.25. The van der Waals surface area contributed by atoms with E-state index in [0.29, 0.717) is 0 Å². The van der Waals surface area contributed by atoms with E-state index in [1.807, 2.05) is 18.2 Å². The van der Waals surface area contributed by atoms with Gasteiger partial charge in [-0.2, -0.15) is 0 Å². The van der Waals surface area contributed by atoms with Crippen LogP contribution in [-0.4, -0.2) is 33.7 Å². The standard InChI is InChI=1S/C18H23N3O/c1-14-17(20-13-19-14)12-21-10-8-18(9-11-21,15(2)22)16-6-4-3-5-7-16/h3-7,13H,8-12H2,1-2H3,(H,19,20). The molecule has 2 aromatic rings. The number of aromatic amines is 1. The molecular formula is C18H23N3O. The Kier molecular flexibility index (Phi) is 4.12. The minimum atomic E-state index is -0.307. The normalized spacial score (nSPS) is 18.3. The summed E-state index contributed by atoms with van der Waals surface area (Å²) in [6.07, 6.45) is 3.52. The summed E-state index contributed by atoms with van der Waals surface area (Å²) < 4.78 is 0. The molecule has 0 unspecified atom stereocenters. The molecule has 1 N–H and O–H groups in total. The van der Waals surface area contributed by atoms with Gasteiger partial charge in [0.1, 0.15) is 5.78 Å². The lowest BCUT2D eigenvalue weighted by molar-refractivity contribution is -0.124. The highest BCUT2D eigenvalue weighted by Crippen LogP contribution is 2.36. The number of carbonyl (C=O) groups excluding carboxylic acids is 1. The van der Waals surface area contributed by atoms with Crippen LogP contribution in [0.15, 0.2) is 36.7 Å². The minimum absolute atomic E-state index is 0.286. The third-order valence-electron chi connectivity index (χ3n) is 5.02. The second-order valence-corrected chi connectivity index (χ2v) is 6.25. The Balaban J connectivity index is 1.73. The summed E-state index contributed by atoms with van der Waals surface area (Å²) in [6.45, 7) is 6.51. The van der Waals surface area contributed by atoms with Gasteiger partial charge < -0.3 is 4.98 Å². The number of carbonyl (C=O) groups is 1. The molecule has 22 heavy (non-hydrogen) atoms. The number of nitrogens with one attached hydrogen (secondary N) is 1. The first-order chi connectivity index (χ1) is 10.6. The molecule has 1 aromatic carbocycles. The number of nitrogens with zero attached hydrogens (tertiary/aromatic N) is 2. The van der Waals surface area contributed by atoms with Crippen LogP contribution in [0.3, 0.4) is 0 Å². The van der Waals surface area contributed by atoms with Crippen molar-refractivity contribution in [2.45, 2.75) is 38.6 Å². The summed E-state index contributed by atoms with van der Waals surface area (Å²) in [5.41, 5.74) is 3.10. The Labute approximate surface area is 131 Å². The van der Waals surface area contributed by atoms with Crippen molar-refractivity contribution in [2.24, 2.45) is 0 Å². The number of rotatable bonds is 4. The molecule has 1 saturated heterocycles. The number of H-pyrrole nitrogens is 1. The topological polar surface area (TPSA) is 49.0 Å². The predicted octanol–water partition coefficient (Wildman–Crippen LogP) is 2.84. The first-order valence-electron chi connectivity index (χ1n) is 7.89. The zero-order chi connectivity index (χ0) is 15.6. The van der Waals surface area contributed by atoms with Crippen LogP contribution in [0.25, 0.3) is 0 Å². The molecule has 1 aliphatic rings. The summed E-state index contributed by atoms with van der Waals surface area (Å²) in [5, 5.41) is 0.